The third kappa shape index (κ3) is 2.64. The average Bonchev–Trinajstić information content (AvgIpc) is 2.95. The summed E-state index contributed by atoms with van der Waals surface area (Å²) in [7, 11) is 1.87. The monoisotopic (exact) mass is 337 g/mol. The number of allylic oxidation sites excluding steroid dienone is 2. The van der Waals surface area contributed by atoms with Gasteiger partial charge in [0.05, 0.1) is 17.5 Å². The van der Waals surface area contributed by atoms with Crippen molar-refractivity contribution in [2.24, 2.45) is 12.0 Å². The van der Waals surface area contributed by atoms with Crippen molar-refractivity contribution in [3.05, 3.63) is 64.6 Å². The second kappa shape index (κ2) is 5.89. The summed E-state index contributed by atoms with van der Waals surface area (Å²) < 4.78 is 1.86. The Morgan fingerprint density at radius 3 is 2.84 bits per heavy atom. The zero-order chi connectivity index (χ0) is 17.6. The van der Waals surface area contributed by atoms with Gasteiger partial charge in [0.15, 0.2) is 0 Å². The molecule has 1 aliphatic heterocycles. The number of nitrogens with one attached hydrogen (secondary N) is 1. The number of phenolic OH excluding ortho intramolecular Hbond substituents is 1. The molecule has 0 radical (unpaired) electrons. The summed E-state index contributed by atoms with van der Waals surface area (Å²) in [5, 5.41) is 22.7. The lowest BCUT2D eigenvalue weighted by Gasteiger charge is -2.21. The number of aliphatic imine (C=N–C) groups is 1. The fraction of sp³-hybridized carbons (Fsp3) is 0.263. The average molecular weight is 337 g/mol. The molecule has 2 aliphatic rings. The van der Waals surface area contributed by atoms with Gasteiger partial charge in [-0.1, -0.05) is 12.1 Å². The molecule has 0 amide bonds. The number of aliphatic hydroxyl groups excluding tert-OH is 1. The van der Waals surface area contributed by atoms with E-state index < -0.39 is 6.10 Å². The number of benzene rings is 1. The van der Waals surface area contributed by atoms with Crippen LogP contribution in [0, 0.1) is 0 Å². The predicted molar refractivity (Wildman–Crippen MR) is 94.0 cm³/mol. The molecule has 4 rings (SSSR count). The van der Waals surface area contributed by atoms with Crippen molar-refractivity contribution in [1.29, 1.82) is 0 Å². The molecule has 3 N–H and O–H groups in total. The van der Waals surface area contributed by atoms with Crippen molar-refractivity contribution >= 4 is 11.5 Å². The van der Waals surface area contributed by atoms with Crippen LogP contribution in [0.15, 0.2) is 47.2 Å². The number of carbonyl (C=O) groups is 1. The summed E-state index contributed by atoms with van der Waals surface area (Å²) in [6.07, 6.45) is 3.85. The van der Waals surface area contributed by atoms with E-state index >= 15 is 0 Å². The summed E-state index contributed by atoms with van der Waals surface area (Å²) in [5.41, 5.74) is 4.71. The highest BCUT2D eigenvalue weighted by atomic mass is 16.3. The Morgan fingerprint density at radius 1 is 1.32 bits per heavy atom. The number of Topliss-reactive ketones (excluding diaryl/α,β-unsaturated/α-hetero) is 1. The molecule has 1 atom stereocenters. The molecule has 0 saturated heterocycles. The van der Waals surface area contributed by atoms with Crippen molar-refractivity contribution < 1.29 is 15.0 Å². The van der Waals surface area contributed by atoms with Crippen LogP contribution < -0.4 is 5.32 Å². The van der Waals surface area contributed by atoms with E-state index in [-0.39, 0.29) is 18.1 Å². The molecule has 0 bridgehead atoms. The zero-order valence-electron chi connectivity index (χ0n) is 13.9. The zero-order valence-corrected chi connectivity index (χ0v) is 13.9. The molecule has 1 unspecified atom stereocenters. The molecule has 0 fully saturated rings. The first-order valence-electron chi connectivity index (χ1n) is 8.25. The van der Waals surface area contributed by atoms with Gasteiger partial charge in [-0.05, 0) is 35.8 Å². The summed E-state index contributed by atoms with van der Waals surface area (Å²) >= 11 is 0. The summed E-state index contributed by atoms with van der Waals surface area (Å²) in [4.78, 5) is 17.3. The van der Waals surface area contributed by atoms with E-state index in [4.69, 9.17) is 0 Å². The molecule has 2 aromatic rings. The second-order valence-corrected chi connectivity index (χ2v) is 6.38. The van der Waals surface area contributed by atoms with Crippen molar-refractivity contribution in [1.82, 2.24) is 9.88 Å². The lowest BCUT2D eigenvalue weighted by molar-refractivity contribution is 0.101. The molecule has 0 spiro atoms. The largest absolute Gasteiger partial charge is 0.508 e. The van der Waals surface area contributed by atoms with Gasteiger partial charge < -0.3 is 20.1 Å². The first-order valence-corrected chi connectivity index (χ1v) is 8.25. The number of aromatic hydroxyl groups is 1. The van der Waals surface area contributed by atoms with Gasteiger partial charge >= 0.3 is 0 Å². The Bertz CT molecular complexity index is 907. The maximum absolute atomic E-state index is 12.8. The normalized spacial score (nSPS) is 16.8. The first kappa shape index (κ1) is 15.7. The number of hydrogen-bond donors (Lipinski definition) is 3. The second-order valence-electron chi connectivity index (χ2n) is 6.38. The van der Waals surface area contributed by atoms with Gasteiger partial charge in [-0.25, -0.2) is 0 Å². The lowest BCUT2D eigenvalue weighted by atomic mass is 9.92. The molecular formula is C19H19N3O3. The van der Waals surface area contributed by atoms with Gasteiger partial charge in [-0.15, -0.1) is 0 Å². The van der Waals surface area contributed by atoms with Crippen molar-refractivity contribution in [3.63, 3.8) is 0 Å². The van der Waals surface area contributed by atoms with E-state index in [1.54, 1.807) is 18.2 Å². The number of nitrogens with zero attached hydrogens (tertiary/aromatic N) is 2. The summed E-state index contributed by atoms with van der Waals surface area (Å²) in [6, 6.07) is 6.37. The van der Waals surface area contributed by atoms with Crippen LogP contribution in [-0.2, 0) is 13.5 Å². The Balaban J connectivity index is 1.56. The lowest BCUT2D eigenvalue weighted by Crippen LogP contribution is -2.31. The van der Waals surface area contributed by atoms with E-state index in [2.05, 4.69) is 10.3 Å². The van der Waals surface area contributed by atoms with Gasteiger partial charge in [0.2, 0.25) is 5.78 Å². The van der Waals surface area contributed by atoms with Crippen LogP contribution in [0.3, 0.4) is 0 Å². The number of carbonyl (C=O) groups excluding carboxylic acids is 1. The summed E-state index contributed by atoms with van der Waals surface area (Å²) in [5.74, 6) is 0.0685. The number of ketones is 1. The molecule has 1 aliphatic carbocycles. The molecular weight excluding hydrogens is 318 g/mol. The number of phenols is 1. The molecule has 6 nitrogen and oxygen atoms in total. The van der Waals surface area contributed by atoms with Crippen LogP contribution >= 0.6 is 0 Å². The minimum atomic E-state index is -0.784. The highest BCUT2D eigenvalue weighted by Crippen LogP contribution is 2.28. The van der Waals surface area contributed by atoms with Gasteiger partial charge in [0.25, 0.3) is 0 Å². The highest BCUT2D eigenvalue weighted by molar-refractivity contribution is 6.26. The maximum Gasteiger partial charge on any atom is 0.225 e. The van der Waals surface area contributed by atoms with E-state index in [0.29, 0.717) is 17.0 Å². The number of aromatic nitrogens is 1. The van der Waals surface area contributed by atoms with Gasteiger partial charge in [-0.3, -0.25) is 9.79 Å². The number of aryl methyl sites for hydroxylation is 1. The van der Waals surface area contributed by atoms with Crippen LogP contribution in [0.25, 0.3) is 0 Å². The molecule has 0 saturated carbocycles. The number of aliphatic hydroxyl groups is 1. The Kier molecular flexibility index (Phi) is 3.69. The van der Waals surface area contributed by atoms with Crippen LogP contribution in [0.1, 0.15) is 33.3 Å². The van der Waals surface area contributed by atoms with E-state index in [9.17, 15) is 15.0 Å². The first-order chi connectivity index (χ1) is 12.0. The minimum Gasteiger partial charge on any atom is -0.508 e. The van der Waals surface area contributed by atoms with E-state index in [0.717, 1.165) is 29.8 Å². The van der Waals surface area contributed by atoms with E-state index in [1.807, 2.05) is 17.8 Å². The van der Waals surface area contributed by atoms with Crippen molar-refractivity contribution in [2.75, 3.05) is 13.1 Å². The van der Waals surface area contributed by atoms with Crippen LogP contribution in [0.2, 0.25) is 0 Å². The molecule has 1 aromatic heterocycles. The van der Waals surface area contributed by atoms with Crippen molar-refractivity contribution in [3.8, 4) is 5.75 Å². The topological polar surface area (TPSA) is 86.9 Å². The van der Waals surface area contributed by atoms with Crippen LogP contribution in [0.4, 0.5) is 0 Å². The molecule has 128 valence electrons. The Labute approximate surface area is 145 Å². The maximum atomic E-state index is 12.8. The van der Waals surface area contributed by atoms with Crippen LogP contribution in [0.5, 0.6) is 5.75 Å². The smallest absolute Gasteiger partial charge is 0.225 e. The number of hydrogen-bond acceptors (Lipinski definition) is 5. The van der Waals surface area contributed by atoms with E-state index in [1.165, 1.54) is 12.1 Å². The molecule has 1 aromatic carbocycles. The fourth-order valence-electron chi connectivity index (χ4n) is 3.42. The Hall–Kier alpha value is -2.86. The highest BCUT2D eigenvalue weighted by Gasteiger charge is 2.31. The third-order valence-corrected chi connectivity index (χ3v) is 4.68. The Morgan fingerprint density at radius 2 is 2.08 bits per heavy atom. The molecule has 25 heavy (non-hydrogen) atoms. The molecule has 6 heteroatoms. The van der Waals surface area contributed by atoms with Crippen LogP contribution in [-0.4, -0.2) is 39.4 Å². The van der Waals surface area contributed by atoms with Gasteiger partial charge in [0, 0.05) is 31.9 Å². The molecule has 2 heterocycles. The third-order valence-electron chi connectivity index (χ3n) is 4.68. The predicted octanol–water partition coefficient (Wildman–Crippen LogP) is 1.48. The standard InChI is InChI=1S/C19H19N3O3/c1-22-10-12-6-7-20-14-8-15(19(25)18(22)17(12)14)21-9-16(24)11-2-4-13(23)5-3-11/h2-5,8,10,16,21,23-24H,6-7,9H2,1H3. The SMILES string of the molecule is Cn1cc2c3c1C(=O)C(NCC(O)c1ccc(O)cc1)=CC3=NCC2. The van der Waals surface area contributed by atoms with Gasteiger partial charge in [-0.2, -0.15) is 0 Å². The fourth-order valence-corrected chi connectivity index (χ4v) is 3.42. The van der Waals surface area contributed by atoms with Gasteiger partial charge in [0.1, 0.15) is 11.4 Å². The van der Waals surface area contributed by atoms with Crippen molar-refractivity contribution in [2.45, 2.75) is 12.5 Å². The summed E-state index contributed by atoms with van der Waals surface area (Å²) in [6.45, 7) is 0.919. The minimum absolute atomic E-state index is 0.0810. The quantitative estimate of drug-likeness (QED) is 0.789. The number of rotatable bonds is 4.